The van der Waals surface area contributed by atoms with Crippen LogP contribution < -0.4 is 0 Å². The molecule has 1 saturated heterocycles. The van der Waals surface area contributed by atoms with Gasteiger partial charge in [-0.3, -0.25) is 4.79 Å². The summed E-state index contributed by atoms with van der Waals surface area (Å²) >= 11 is 0. The van der Waals surface area contributed by atoms with Gasteiger partial charge in [-0.25, -0.2) is 4.39 Å². The molecule has 0 unspecified atom stereocenters. The van der Waals surface area contributed by atoms with Crippen molar-refractivity contribution in [3.8, 4) is 0 Å². The molecule has 0 spiro atoms. The summed E-state index contributed by atoms with van der Waals surface area (Å²) < 4.78 is 15.6. The molecule has 0 bridgehead atoms. The van der Waals surface area contributed by atoms with Gasteiger partial charge in [0.2, 0.25) is 5.91 Å². The highest BCUT2D eigenvalue weighted by molar-refractivity contribution is 5.82. The van der Waals surface area contributed by atoms with Crippen molar-refractivity contribution < 1.29 is 9.18 Å². The molecular weight excluding hydrogens is 317 g/mol. The van der Waals surface area contributed by atoms with Crippen LogP contribution >= 0.6 is 0 Å². The van der Waals surface area contributed by atoms with E-state index in [1.807, 2.05) is 17.0 Å². The Balaban J connectivity index is 1.35. The molecule has 1 amide bonds. The van der Waals surface area contributed by atoms with Crippen molar-refractivity contribution in [3.05, 3.63) is 35.8 Å². The summed E-state index contributed by atoms with van der Waals surface area (Å²) in [6.07, 6.45) is 5.52. The number of piperidine rings is 1. The average Bonchev–Trinajstić information content (AvgIpc) is 2.99. The van der Waals surface area contributed by atoms with Gasteiger partial charge in [-0.2, -0.15) is 0 Å². The van der Waals surface area contributed by atoms with Crippen LogP contribution in [0.4, 0.5) is 4.39 Å². The van der Waals surface area contributed by atoms with Crippen LogP contribution in [-0.4, -0.2) is 46.5 Å². The number of amides is 1. The summed E-state index contributed by atoms with van der Waals surface area (Å²) in [5.74, 6) is 0.0424. The van der Waals surface area contributed by atoms with Crippen molar-refractivity contribution in [1.29, 1.82) is 0 Å². The van der Waals surface area contributed by atoms with Crippen molar-refractivity contribution in [3.63, 3.8) is 0 Å². The molecule has 0 aliphatic carbocycles. The average molecular weight is 343 g/mol. The maximum atomic E-state index is 13.4. The van der Waals surface area contributed by atoms with Gasteiger partial charge in [-0.05, 0) is 63.2 Å². The van der Waals surface area contributed by atoms with E-state index in [4.69, 9.17) is 0 Å². The number of rotatable bonds is 4. The minimum absolute atomic E-state index is 0.207. The van der Waals surface area contributed by atoms with Crippen LogP contribution in [0.3, 0.4) is 0 Å². The minimum Gasteiger partial charge on any atom is -0.341 e. The van der Waals surface area contributed by atoms with Gasteiger partial charge in [-0.15, -0.1) is 0 Å². The molecular formula is C20H26FN3O. The molecule has 1 aromatic heterocycles. The third-order valence-electron chi connectivity index (χ3n) is 5.56. The summed E-state index contributed by atoms with van der Waals surface area (Å²) in [5.41, 5.74) is 2.17. The van der Waals surface area contributed by atoms with Crippen molar-refractivity contribution in [2.45, 2.75) is 45.2 Å². The fourth-order valence-electron chi connectivity index (χ4n) is 4.20. The van der Waals surface area contributed by atoms with Crippen molar-refractivity contribution in [1.82, 2.24) is 14.4 Å². The number of nitrogens with zero attached hydrogens (tertiary/aromatic N) is 3. The van der Waals surface area contributed by atoms with Crippen LogP contribution in [0.2, 0.25) is 0 Å². The smallest absolute Gasteiger partial charge is 0.223 e. The second-order valence-electron chi connectivity index (χ2n) is 7.31. The molecule has 3 heterocycles. The summed E-state index contributed by atoms with van der Waals surface area (Å²) in [6.45, 7) is 5.60. The zero-order chi connectivity index (χ0) is 17.2. The van der Waals surface area contributed by atoms with E-state index in [0.29, 0.717) is 13.0 Å². The highest BCUT2D eigenvalue weighted by atomic mass is 19.1. The molecule has 5 heteroatoms. The fourth-order valence-corrected chi connectivity index (χ4v) is 4.20. The molecule has 1 fully saturated rings. The Bertz CT molecular complexity index is 764. The first kappa shape index (κ1) is 16.6. The Hall–Kier alpha value is -1.88. The van der Waals surface area contributed by atoms with Crippen molar-refractivity contribution in [2.24, 2.45) is 0 Å². The predicted octanol–water partition coefficient (Wildman–Crippen LogP) is 3.39. The van der Waals surface area contributed by atoms with E-state index in [9.17, 15) is 9.18 Å². The Labute approximate surface area is 148 Å². The molecule has 0 saturated carbocycles. The Morgan fingerprint density at radius 2 is 1.88 bits per heavy atom. The van der Waals surface area contributed by atoms with Crippen LogP contribution in [0.25, 0.3) is 10.9 Å². The lowest BCUT2D eigenvalue weighted by Gasteiger charge is -2.30. The number of likely N-dealkylation sites (tertiary alicyclic amines) is 1. The van der Waals surface area contributed by atoms with E-state index in [-0.39, 0.29) is 11.7 Å². The number of carbonyl (C=O) groups is 1. The summed E-state index contributed by atoms with van der Waals surface area (Å²) in [6, 6.07) is 6.94. The van der Waals surface area contributed by atoms with Crippen LogP contribution in [0.5, 0.6) is 0 Å². The largest absolute Gasteiger partial charge is 0.341 e. The van der Waals surface area contributed by atoms with Gasteiger partial charge in [0.05, 0.1) is 6.54 Å². The first-order chi connectivity index (χ1) is 12.2. The van der Waals surface area contributed by atoms with E-state index in [1.165, 1.54) is 38.4 Å². The van der Waals surface area contributed by atoms with Gasteiger partial charge in [0, 0.05) is 36.1 Å². The van der Waals surface area contributed by atoms with Crippen LogP contribution in [0.1, 0.15) is 37.8 Å². The topological polar surface area (TPSA) is 28.5 Å². The molecule has 2 aliphatic rings. The first-order valence-electron chi connectivity index (χ1n) is 9.48. The molecule has 2 aliphatic heterocycles. The minimum atomic E-state index is -0.207. The Morgan fingerprint density at radius 3 is 2.72 bits per heavy atom. The molecule has 25 heavy (non-hydrogen) atoms. The van der Waals surface area contributed by atoms with Gasteiger partial charge >= 0.3 is 0 Å². The second kappa shape index (κ2) is 7.16. The molecule has 4 rings (SSSR count). The van der Waals surface area contributed by atoms with Gasteiger partial charge in [0.1, 0.15) is 5.82 Å². The number of carbonyl (C=O) groups excluding carboxylic acids is 1. The number of benzene rings is 1. The third kappa shape index (κ3) is 3.56. The Morgan fingerprint density at radius 1 is 1.04 bits per heavy atom. The van der Waals surface area contributed by atoms with E-state index in [0.717, 1.165) is 42.7 Å². The van der Waals surface area contributed by atoms with Crippen molar-refractivity contribution in [2.75, 3.05) is 26.2 Å². The number of fused-ring (bicyclic) bond motifs is 3. The van der Waals surface area contributed by atoms with E-state index in [1.54, 1.807) is 6.07 Å². The molecule has 0 radical (unpaired) electrons. The SMILES string of the molecule is O=C(CCCN1CCCCC1)N1CCn2c(cc3cc(F)ccc32)C1. The number of hydrogen-bond acceptors (Lipinski definition) is 2. The maximum absolute atomic E-state index is 13.4. The predicted molar refractivity (Wildman–Crippen MR) is 96.8 cm³/mol. The lowest BCUT2D eigenvalue weighted by atomic mass is 10.1. The van der Waals surface area contributed by atoms with Crippen LogP contribution in [-0.2, 0) is 17.9 Å². The van der Waals surface area contributed by atoms with Gasteiger partial charge in [0.25, 0.3) is 0 Å². The van der Waals surface area contributed by atoms with E-state index < -0.39 is 0 Å². The fraction of sp³-hybridized carbons (Fsp3) is 0.550. The highest BCUT2D eigenvalue weighted by Crippen LogP contribution is 2.25. The highest BCUT2D eigenvalue weighted by Gasteiger charge is 2.22. The van der Waals surface area contributed by atoms with Gasteiger partial charge in [-0.1, -0.05) is 6.42 Å². The standard InChI is InChI=1S/C20H26FN3O/c21-17-6-7-19-16(13-17)14-18-15-23(11-12-24(18)19)20(25)5-4-10-22-8-2-1-3-9-22/h6-7,13-14H,1-5,8-12,15H2. The van der Waals surface area contributed by atoms with Gasteiger partial charge < -0.3 is 14.4 Å². The molecule has 2 aromatic rings. The first-order valence-corrected chi connectivity index (χ1v) is 9.48. The number of hydrogen-bond donors (Lipinski definition) is 0. The molecule has 4 nitrogen and oxygen atoms in total. The van der Waals surface area contributed by atoms with E-state index in [2.05, 4.69) is 9.47 Å². The Kier molecular flexibility index (Phi) is 4.75. The maximum Gasteiger partial charge on any atom is 0.223 e. The quantitative estimate of drug-likeness (QED) is 0.851. The molecule has 1 aromatic carbocycles. The van der Waals surface area contributed by atoms with Crippen molar-refractivity contribution >= 4 is 16.8 Å². The van der Waals surface area contributed by atoms with Gasteiger partial charge in [0.15, 0.2) is 0 Å². The zero-order valence-electron chi connectivity index (χ0n) is 14.7. The third-order valence-corrected chi connectivity index (χ3v) is 5.56. The molecule has 0 atom stereocenters. The zero-order valence-corrected chi connectivity index (χ0v) is 14.7. The van der Waals surface area contributed by atoms with E-state index >= 15 is 0 Å². The number of aromatic nitrogens is 1. The van der Waals surface area contributed by atoms with Crippen LogP contribution in [0, 0.1) is 5.82 Å². The number of halogens is 1. The summed E-state index contributed by atoms with van der Waals surface area (Å²) in [5, 5.41) is 0.925. The second-order valence-corrected chi connectivity index (χ2v) is 7.31. The summed E-state index contributed by atoms with van der Waals surface area (Å²) in [7, 11) is 0. The monoisotopic (exact) mass is 343 g/mol. The lowest BCUT2D eigenvalue weighted by Crippen LogP contribution is -2.38. The molecule has 134 valence electrons. The van der Waals surface area contributed by atoms with Crippen LogP contribution in [0.15, 0.2) is 24.3 Å². The normalized spacial score (nSPS) is 18.5. The molecule has 0 N–H and O–H groups in total. The summed E-state index contributed by atoms with van der Waals surface area (Å²) in [4.78, 5) is 17.0. The lowest BCUT2D eigenvalue weighted by molar-refractivity contribution is -0.132.